The molecule has 3 nitrogen and oxygen atoms in total. The molecule has 0 aromatic heterocycles. The van der Waals surface area contributed by atoms with Crippen LogP contribution in [0.15, 0.2) is 0 Å². The van der Waals surface area contributed by atoms with E-state index in [9.17, 15) is 0 Å². The Morgan fingerprint density at radius 2 is 1.86 bits per heavy atom. The van der Waals surface area contributed by atoms with Gasteiger partial charge in [-0.3, -0.25) is 0 Å². The van der Waals surface area contributed by atoms with Crippen molar-refractivity contribution in [2.45, 2.75) is 71.4 Å². The summed E-state index contributed by atoms with van der Waals surface area (Å²) in [4.78, 5) is 2.29. The molecule has 2 aliphatic carbocycles. The molecule has 2 atom stereocenters. The van der Waals surface area contributed by atoms with Crippen molar-refractivity contribution in [3.8, 4) is 0 Å². The van der Waals surface area contributed by atoms with Crippen LogP contribution < -0.4 is 5.32 Å². The maximum atomic E-state index is 6.05. The van der Waals surface area contributed by atoms with Crippen LogP contribution in [0.5, 0.6) is 0 Å². The third-order valence-electron chi connectivity index (χ3n) is 5.51. The molecule has 124 valence electrons. The van der Waals surface area contributed by atoms with Gasteiger partial charge in [-0.1, -0.05) is 33.1 Å². The highest BCUT2D eigenvalue weighted by Gasteiger charge is 2.55. The second kappa shape index (κ2) is 6.97. The van der Waals surface area contributed by atoms with E-state index in [-0.39, 0.29) is 0 Å². The number of rotatable bonds is 7. The summed E-state index contributed by atoms with van der Waals surface area (Å²) in [7, 11) is 4.33. The molecule has 3 heteroatoms. The summed E-state index contributed by atoms with van der Waals surface area (Å²) >= 11 is 0. The van der Waals surface area contributed by atoms with Crippen molar-refractivity contribution in [3.05, 3.63) is 0 Å². The quantitative estimate of drug-likeness (QED) is 0.780. The summed E-state index contributed by atoms with van der Waals surface area (Å²) in [5, 5.41) is 3.91. The van der Waals surface area contributed by atoms with Gasteiger partial charge in [0.05, 0.1) is 6.10 Å². The van der Waals surface area contributed by atoms with E-state index in [1.807, 2.05) is 0 Å². The van der Waals surface area contributed by atoms with E-state index in [1.165, 1.54) is 38.5 Å². The fourth-order valence-electron chi connectivity index (χ4n) is 4.66. The van der Waals surface area contributed by atoms with Gasteiger partial charge in [-0.25, -0.2) is 0 Å². The van der Waals surface area contributed by atoms with Crippen LogP contribution in [0.4, 0.5) is 0 Å². The van der Waals surface area contributed by atoms with Crippen molar-refractivity contribution in [2.75, 3.05) is 33.8 Å². The molecule has 1 N–H and O–H groups in total. The lowest BCUT2D eigenvalue weighted by atomic mass is 9.55. The van der Waals surface area contributed by atoms with Crippen LogP contribution in [0.3, 0.4) is 0 Å². The van der Waals surface area contributed by atoms with E-state index < -0.39 is 0 Å². The molecule has 0 aromatic carbocycles. The first-order valence-corrected chi connectivity index (χ1v) is 8.89. The maximum absolute atomic E-state index is 6.05. The highest BCUT2D eigenvalue weighted by atomic mass is 16.5. The monoisotopic (exact) mass is 296 g/mol. The van der Waals surface area contributed by atoms with Crippen molar-refractivity contribution >= 4 is 0 Å². The topological polar surface area (TPSA) is 24.5 Å². The molecule has 0 heterocycles. The molecular formula is C18H36N2O. The minimum atomic E-state index is 0.329. The molecule has 0 bridgehead atoms. The molecule has 2 saturated carbocycles. The Kier molecular flexibility index (Phi) is 5.72. The lowest BCUT2D eigenvalue weighted by Gasteiger charge is -2.58. The normalized spacial score (nSPS) is 28.9. The zero-order valence-corrected chi connectivity index (χ0v) is 14.9. The average molecular weight is 296 g/mol. The Morgan fingerprint density at radius 1 is 1.19 bits per heavy atom. The van der Waals surface area contributed by atoms with Gasteiger partial charge in [0.1, 0.15) is 0 Å². The van der Waals surface area contributed by atoms with Gasteiger partial charge in [-0.15, -0.1) is 0 Å². The molecule has 2 fully saturated rings. The van der Waals surface area contributed by atoms with Crippen LogP contribution in [0.1, 0.15) is 59.3 Å². The van der Waals surface area contributed by atoms with Crippen molar-refractivity contribution in [3.63, 3.8) is 0 Å². The second-order valence-electron chi connectivity index (χ2n) is 8.31. The summed E-state index contributed by atoms with van der Waals surface area (Å²) < 4.78 is 6.05. The Bertz CT molecular complexity index is 321. The standard InChI is InChI=1S/C18H36N2O/c1-6-21-16-12-15(18(16)10-8-7-9-11-18)19-13-17(2,3)14-20(4)5/h15-16,19H,6-14H2,1-5H3. The summed E-state index contributed by atoms with van der Waals surface area (Å²) in [6.45, 7) is 9.98. The third-order valence-corrected chi connectivity index (χ3v) is 5.51. The van der Waals surface area contributed by atoms with Crippen LogP contribution in [0.2, 0.25) is 0 Å². The third kappa shape index (κ3) is 4.00. The molecule has 2 aliphatic rings. The van der Waals surface area contributed by atoms with Crippen LogP contribution in [0, 0.1) is 10.8 Å². The van der Waals surface area contributed by atoms with Gasteiger partial charge in [0.25, 0.3) is 0 Å². The Labute approximate surface area is 131 Å². The number of nitrogens with zero attached hydrogens (tertiary/aromatic N) is 1. The van der Waals surface area contributed by atoms with Gasteiger partial charge in [0.2, 0.25) is 0 Å². The van der Waals surface area contributed by atoms with E-state index in [0.717, 1.165) is 19.7 Å². The van der Waals surface area contributed by atoms with E-state index >= 15 is 0 Å². The molecule has 2 rings (SSSR count). The van der Waals surface area contributed by atoms with E-state index in [0.29, 0.717) is 23.0 Å². The number of hydrogen-bond acceptors (Lipinski definition) is 3. The van der Waals surface area contributed by atoms with Crippen LogP contribution in [-0.4, -0.2) is 50.8 Å². The highest BCUT2D eigenvalue weighted by Crippen LogP contribution is 2.53. The smallest absolute Gasteiger partial charge is 0.0661 e. The highest BCUT2D eigenvalue weighted by molar-refractivity contribution is 5.09. The fourth-order valence-corrected chi connectivity index (χ4v) is 4.66. The molecule has 0 aliphatic heterocycles. The van der Waals surface area contributed by atoms with Crippen LogP contribution in [0.25, 0.3) is 0 Å². The van der Waals surface area contributed by atoms with Gasteiger partial charge in [-0.2, -0.15) is 0 Å². The van der Waals surface area contributed by atoms with E-state index in [4.69, 9.17) is 4.74 Å². The van der Waals surface area contributed by atoms with Gasteiger partial charge in [0, 0.05) is 31.2 Å². The zero-order valence-electron chi connectivity index (χ0n) is 14.9. The maximum Gasteiger partial charge on any atom is 0.0661 e. The Balaban J connectivity index is 1.91. The Hall–Kier alpha value is -0.120. The molecule has 0 aromatic rings. The zero-order chi connectivity index (χ0) is 15.5. The van der Waals surface area contributed by atoms with Crippen molar-refractivity contribution in [1.82, 2.24) is 10.2 Å². The lowest BCUT2D eigenvalue weighted by Crippen LogP contribution is -2.65. The molecule has 0 radical (unpaired) electrons. The lowest BCUT2D eigenvalue weighted by molar-refractivity contribution is -0.151. The van der Waals surface area contributed by atoms with Gasteiger partial charge in [0.15, 0.2) is 0 Å². The molecule has 1 spiro atoms. The molecule has 21 heavy (non-hydrogen) atoms. The first-order valence-electron chi connectivity index (χ1n) is 8.89. The van der Waals surface area contributed by atoms with Crippen molar-refractivity contribution < 1.29 is 4.74 Å². The summed E-state index contributed by atoms with van der Waals surface area (Å²) in [5.41, 5.74) is 0.776. The molecule has 2 unspecified atom stereocenters. The molecular weight excluding hydrogens is 260 g/mol. The molecule has 0 amide bonds. The van der Waals surface area contributed by atoms with Gasteiger partial charge < -0.3 is 15.0 Å². The number of ether oxygens (including phenoxy) is 1. The number of nitrogens with one attached hydrogen (secondary N) is 1. The summed E-state index contributed by atoms with van der Waals surface area (Å²) in [5.74, 6) is 0. The predicted molar refractivity (Wildman–Crippen MR) is 89.7 cm³/mol. The Morgan fingerprint density at radius 3 is 2.43 bits per heavy atom. The molecule has 0 saturated heterocycles. The predicted octanol–water partition coefficient (Wildman–Crippen LogP) is 3.29. The van der Waals surface area contributed by atoms with Crippen molar-refractivity contribution in [2.24, 2.45) is 10.8 Å². The first kappa shape index (κ1) is 17.2. The average Bonchev–Trinajstić information content (AvgIpc) is 2.41. The summed E-state index contributed by atoms with van der Waals surface area (Å²) in [6, 6.07) is 0.677. The first-order chi connectivity index (χ1) is 9.89. The second-order valence-corrected chi connectivity index (χ2v) is 8.31. The van der Waals surface area contributed by atoms with Crippen LogP contribution in [-0.2, 0) is 4.74 Å². The fraction of sp³-hybridized carbons (Fsp3) is 1.00. The van der Waals surface area contributed by atoms with Gasteiger partial charge >= 0.3 is 0 Å². The SMILES string of the molecule is CCOC1CC(NCC(C)(C)CN(C)C)C12CCCCC2. The number of hydrogen-bond donors (Lipinski definition) is 1. The largest absolute Gasteiger partial charge is 0.378 e. The minimum absolute atomic E-state index is 0.329. The van der Waals surface area contributed by atoms with Crippen LogP contribution >= 0.6 is 0 Å². The van der Waals surface area contributed by atoms with Gasteiger partial charge in [-0.05, 0) is 45.7 Å². The van der Waals surface area contributed by atoms with E-state index in [2.05, 4.69) is 45.1 Å². The van der Waals surface area contributed by atoms with Crippen molar-refractivity contribution in [1.29, 1.82) is 0 Å². The van der Waals surface area contributed by atoms with E-state index in [1.54, 1.807) is 0 Å². The minimum Gasteiger partial charge on any atom is -0.378 e. The summed E-state index contributed by atoms with van der Waals surface area (Å²) in [6.07, 6.45) is 8.65.